The zero-order chi connectivity index (χ0) is 9.84. The molecule has 0 spiro atoms. The fourth-order valence-corrected chi connectivity index (χ4v) is 1.64. The molecule has 2 atom stereocenters. The van der Waals surface area contributed by atoms with Gasteiger partial charge in [0, 0.05) is 41.9 Å². The Morgan fingerprint density at radius 1 is 1.69 bits per heavy atom. The number of rotatable bonds is 3. The van der Waals surface area contributed by atoms with Gasteiger partial charge in [0.2, 0.25) is 5.91 Å². The van der Waals surface area contributed by atoms with Crippen LogP contribution in [-0.2, 0) is 15.6 Å². The molecule has 2 unspecified atom stereocenters. The quantitative estimate of drug-likeness (QED) is 0.654. The third kappa shape index (κ3) is 3.08. The molecule has 0 aliphatic carbocycles. The van der Waals surface area contributed by atoms with Crippen LogP contribution in [-0.4, -0.2) is 52.7 Å². The molecule has 0 aromatic carbocycles. The van der Waals surface area contributed by atoms with Crippen LogP contribution in [0.1, 0.15) is 6.92 Å². The monoisotopic (exact) mass is 204 g/mol. The Labute approximate surface area is 81.1 Å². The molecule has 0 aromatic rings. The number of nitrogens with zero attached hydrogens (tertiary/aromatic N) is 1. The van der Waals surface area contributed by atoms with Crippen LogP contribution < -0.4 is 5.32 Å². The minimum atomic E-state index is -0.841. The van der Waals surface area contributed by atoms with E-state index < -0.39 is 10.8 Å². The van der Waals surface area contributed by atoms with Crippen molar-refractivity contribution in [1.29, 1.82) is 0 Å². The van der Waals surface area contributed by atoms with E-state index in [2.05, 4.69) is 5.32 Å². The molecule has 0 saturated carbocycles. The van der Waals surface area contributed by atoms with E-state index in [-0.39, 0.29) is 11.2 Å². The van der Waals surface area contributed by atoms with E-state index in [9.17, 15) is 9.00 Å². The summed E-state index contributed by atoms with van der Waals surface area (Å²) in [7, 11) is -0.841. The molecule has 1 aliphatic heterocycles. The van der Waals surface area contributed by atoms with Crippen LogP contribution in [0.15, 0.2) is 0 Å². The van der Waals surface area contributed by atoms with Crippen LogP contribution >= 0.6 is 0 Å². The molecule has 5 heteroatoms. The number of piperazine rings is 1. The Kier molecular flexibility index (Phi) is 3.87. The minimum absolute atomic E-state index is 0.0713. The second kappa shape index (κ2) is 4.72. The lowest BCUT2D eigenvalue weighted by molar-refractivity contribution is -0.131. The van der Waals surface area contributed by atoms with Gasteiger partial charge in [0.25, 0.3) is 0 Å². The minimum Gasteiger partial charge on any atom is -0.339 e. The highest BCUT2D eigenvalue weighted by molar-refractivity contribution is 7.84. The highest BCUT2D eigenvalue weighted by Gasteiger charge is 2.20. The normalized spacial score (nSPS) is 22.9. The average Bonchev–Trinajstić information content (AvgIpc) is 2.08. The summed E-state index contributed by atoms with van der Waals surface area (Å²) in [5, 5.41) is 3.07. The maximum atomic E-state index is 11.3. The van der Waals surface area contributed by atoms with Crippen molar-refractivity contribution < 1.29 is 9.00 Å². The van der Waals surface area contributed by atoms with E-state index in [4.69, 9.17) is 0 Å². The maximum Gasteiger partial charge on any atom is 0.236 e. The van der Waals surface area contributed by atoms with Gasteiger partial charge in [0.15, 0.2) is 0 Å². The number of hydrogen-bond acceptors (Lipinski definition) is 3. The van der Waals surface area contributed by atoms with Crippen LogP contribution in [0.25, 0.3) is 0 Å². The van der Waals surface area contributed by atoms with Crippen molar-refractivity contribution in [3.8, 4) is 0 Å². The lowest BCUT2D eigenvalue weighted by Gasteiger charge is -2.29. The van der Waals surface area contributed by atoms with E-state index in [1.54, 1.807) is 11.2 Å². The highest BCUT2D eigenvalue weighted by Crippen LogP contribution is 2.00. The van der Waals surface area contributed by atoms with Crippen LogP contribution in [0.5, 0.6) is 0 Å². The van der Waals surface area contributed by atoms with Crippen LogP contribution in [0, 0.1) is 0 Å². The zero-order valence-electron chi connectivity index (χ0n) is 8.08. The third-order valence-electron chi connectivity index (χ3n) is 2.23. The Morgan fingerprint density at radius 2 is 2.38 bits per heavy atom. The fourth-order valence-electron chi connectivity index (χ4n) is 1.25. The van der Waals surface area contributed by atoms with Gasteiger partial charge in [-0.15, -0.1) is 0 Å². The van der Waals surface area contributed by atoms with Gasteiger partial charge >= 0.3 is 0 Å². The first-order valence-electron chi connectivity index (χ1n) is 4.42. The van der Waals surface area contributed by atoms with E-state index in [0.717, 1.165) is 13.1 Å². The first-order chi connectivity index (χ1) is 6.11. The average molecular weight is 204 g/mol. The van der Waals surface area contributed by atoms with Crippen LogP contribution in [0.4, 0.5) is 0 Å². The summed E-state index contributed by atoms with van der Waals surface area (Å²) in [6.07, 6.45) is 1.68. The Bertz CT molecular complexity index is 220. The molecular formula is C8H16N2O2S. The van der Waals surface area contributed by atoms with E-state index in [1.165, 1.54) is 0 Å². The van der Waals surface area contributed by atoms with Crippen LogP contribution in [0.2, 0.25) is 0 Å². The first kappa shape index (κ1) is 10.7. The van der Waals surface area contributed by atoms with Gasteiger partial charge < -0.3 is 10.2 Å². The predicted octanol–water partition coefficient (Wildman–Crippen LogP) is -0.815. The number of nitrogens with one attached hydrogen (secondary N) is 1. The Morgan fingerprint density at radius 3 is 2.92 bits per heavy atom. The second-order valence-corrected chi connectivity index (χ2v) is 5.13. The van der Waals surface area contributed by atoms with E-state index >= 15 is 0 Å². The number of amides is 1. The van der Waals surface area contributed by atoms with Crippen molar-refractivity contribution in [3.05, 3.63) is 0 Å². The molecular weight excluding hydrogens is 188 g/mol. The van der Waals surface area contributed by atoms with Crippen molar-refractivity contribution >= 4 is 16.7 Å². The molecule has 4 nitrogen and oxygen atoms in total. The number of hydrogen-bond donors (Lipinski definition) is 1. The van der Waals surface area contributed by atoms with Gasteiger partial charge in [-0.3, -0.25) is 9.00 Å². The maximum absolute atomic E-state index is 11.3. The summed E-state index contributed by atoms with van der Waals surface area (Å²) >= 11 is 0. The zero-order valence-corrected chi connectivity index (χ0v) is 8.89. The largest absolute Gasteiger partial charge is 0.339 e. The summed E-state index contributed by atoms with van der Waals surface area (Å²) in [6.45, 7) is 4.52. The summed E-state index contributed by atoms with van der Waals surface area (Å²) in [6, 6.07) is 0. The van der Waals surface area contributed by atoms with Crippen molar-refractivity contribution in [1.82, 2.24) is 10.2 Å². The van der Waals surface area contributed by atoms with Crippen LogP contribution in [0.3, 0.4) is 0 Å². The van der Waals surface area contributed by atoms with Crippen molar-refractivity contribution in [3.63, 3.8) is 0 Å². The van der Waals surface area contributed by atoms with Gasteiger partial charge in [0.05, 0.1) is 6.54 Å². The molecule has 0 radical (unpaired) electrons. The lowest BCUT2D eigenvalue weighted by atomic mass is 10.3. The van der Waals surface area contributed by atoms with E-state index in [0.29, 0.717) is 13.1 Å². The lowest BCUT2D eigenvalue weighted by Crippen LogP contribution is -2.50. The van der Waals surface area contributed by atoms with Gasteiger partial charge in [-0.1, -0.05) is 0 Å². The topological polar surface area (TPSA) is 49.4 Å². The summed E-state index contributed by atoms with van der Waals surface area (Å²) in [4.78, 5) is 13.1. The summed E-state index contributed by atoms with van der Waals surface area (Å²) in [5.41, 5.74) is 0. The predicted molar refractivity (Wildman–Crippen MR) is 53.0 cm³/mol. The SMILES string of the molecule is CC(CN1CCNCC1=O)S(C)=O. The molecule has 0 aromatic heterocycles. The molecule has 1 N–H and O–H groups in total. The number of carbonyl (C=O) groups is 1. The van der Waals surface area contributed by atoms with E-state index in [1.807, 2.05) is 6.92 Å². The third-order valence-corrected chi connectivity index (χ3v) is 3.51. The second-order valence-electron chi connectivity index (χ2n) is 3.33. The molecule has 1 amide bonds. The molecule has 13 heavy (non-hydrogen) atoms. The standard InChI is InChI=1S/C8H16N2O2S/c1-7(13(2)12)6-10-4-3-9-5-8(10)11/h7,9H,3-6H2,1-2H3. The molecule has 1 aliphatic rings. The molecule has 76 valence electrons. The molecule has 1 heterocycles. The Hall–Kier alpha value is -0.420. The van der Waals surface area contributed by atoms with Crippen molar-refractivity contribution in [2.45, 2.75) is 12.2 Å². The molecule has 1 fully saturated rings. The van der Waals surface area contributed by atoms with Crippen molar-refractivity contribution in [2.75, 3.05) is 32.4 Å². The van der Waals surface area contributed by atoms with Crippen molar-refractivity contribution in [2.24, 2.45) is 0 Å². The van der Waals surface area contributed by atoms with Gasteiger partial charge in [-0.05, 0) is 6.92 Å². The molecule has 1 rings (SSSR count). The smallest absolute Gasteiger partial charge is 0.236 e. The van der Waals surface area contributed by atoms with Gasteiger partial charge in [0.1, 0.15) is 0 Å². The number of carbonyl (C=O) groups excluding carboxylic acids is 1. The highest BCUT2D eigenvalue weighted by atomic mass is 32.2. The summed E-state index contributed by atoms with van der Waals surface area (Å²) in [5.74, 6) is 0.114. The molecule has 1 saturated heterocycles. The molecule has 0 bridgehead atoms. The fraction of sp³-hybridized carbons (Fsp3) is 0.875. The van der Waals surface area contributed by atoms with Gasteiger partial charge in [-0.25, -0.2) is 0 Å². The summed E-state index contributed by atoms with van der Waals surface area (Å²) < 4.78 is 11.1. The Balaban J connectivity index is 2.42. The first-order valence-corrected chi connectivity index (χ1v) is 6.04. The van der Waals surface area contributed by atoms with Gasteiger partial charge in [-0.2, -0.15) is 0 Å².